The van der Waals surface area contributed by atoms with Gasteiger partial charge in [0.25, 0.3) is 0 Å². The second kappa shape index (κ2) is 8.98. The number of alkyl halides is 3. The highest BCUT2D eigenvalue weighted by molar-refractivity contribution is 14.1. The lowest BCUT2D eigenvalue weighted by Crippen LogP contribution is -2.07. The maximum atomic E-state index is 12.4. The molecule has 0 spiro atoms. The summed E-state index contributed by atoms with van der Waals surface area (Å²) in [4.78, 5) is 3.85. The van der Waals surface area contributed by atoms with E-state index in [2.05, 4.69) is 9.72 Å². The second-order valence-electron chi connectivity index (χ2n) is 4.64. The molecule has 0 bridgehead atoms. The minimum atomic E-state index is -2.97. The van der Waals surface area contributed by atoms with Crippen LogP contribution < -0.4 is 9.47 Å². The summed E-state index contributed by atoms with van der Waals surface area (Å²) in [5.74, 6) is 0.0192. The van der Waals surface area contributed by atoms with Gasteiger partial charge < -0.3 is 14.6 Å². The fraction of sp³-hybridized carbons (Fsp3) is 0.267. The predicted molar refractivity (Wildman–Crippen MR) is 95.5 cm³/mol. The van der Waals surface area contributed by atoms with Crippen LogP contribution in [0.4, 0.5) is 8.78 Å². The zero-order valence-electron chi connectivity index (χ0n) is 12.1. The van der Waals surface area contributed by atoms with Gasteiger partial charge in [0.15, 0.2) is 11.5 Å². The van der Waals surface area contributed by atoms with Gasteiger partial charge >= 0.3 is 6.61 Å². The molecule has 4 nitrogen and oxygen atoms in total. The summed E-state index contributed by atoms with van der Waals surface area (Å²) < 4.78 is 34.7. The Labute approximate surface area is 160 Å². The van der Waals surface area contributed by atoms with Crippen LogP contribution in [0.5, 0.6) is 11.5 Å². The van der Waals surface area contributed by atoms with Crippen LogP contribution in [0.15, 0.2) is 30.6 Å². The zero-order chi connectivity index (χ0) is 17.7. The van der Waals surface area contributed by atoms with Crippen molar-refractivity contribution in [3.05, 3.63) is 51.8 Å². The molecule has 24 heavy (non-hydrogen) atoms. The molecule has 0 unspecified atom stereocenters. The maximum Gasteiger partial charge on any atom is 0.387 e. The van der Waals surface area contributed by atoms with E-state index >= 15 is 0 Å². The van der Waals surface area contributed by atoms with Gasteiger partial charge in [0.2, 0.25) is 0 Å². The van der Waals surface area contributed by atoms with Crippen LogP contribution in [0, 0.1) is 0 Å². The Morgan fingerprint density at radius 1 is 1.17 bits per heavy atom. The van der Waals surface area contributed by atoms with Gasteiger partial charge in [-0.15, -0.1) is 0 Å². The van der Waals surface area contributed by atoms with E-state index < -0.39 is 12.7 Å². The Bertz CT molecular complexity index is 686. The lowest BCUT2D eigenvalue weighted by Gasteiger charge is -2.16. The van der Waals surface area contributed by atoms with Crippen LogP contribution >= 0.6 is 45.8 Å². The molecule has 0 aliphatic rings. The standard InChI is InChI=1S/C15H12Cl2F2INO3/c16-10-5-21-6-11(17)9(10)4-12(22)8-1-2-13(24-15(18)19)14(3-8)23-7-20/h1-3,5-6,12,15,22H,4,7H2/t12-/m0/s1. The van der Waals surface area contributed by atoms with E-state index in [1.165, 1.54) is 30.6 Å². The molecule has 2 rings (SSSR count). The first-order valence-electron chi connectivity index (χ1n) is 6.65. The summed E-state index contributed by atoms with van der Waals surface area (Å²) in [6.07, 6.45) is 2.04. The van der Waals surface area contributed by atoms with Gasteiger partial charge in [0.1, 0.15) is 4.61 Å². The van der Waals surface area contributed by atoms with Gasteiger partial charge in [0.05, 0.1) is 16.1 Å². The average molecular weight is 490 g/mol. The highest BCUT2D eigenvalue weighted by atomic mass is 127. The van der Waals surface area contributed by atoms with E-state index in [4.69, 9.17) is 27.9 Å². The molecule has 1 atom stereocenters. The van der Waals surface area contributed by atoms with Crippen molar-refractivity contribution in [2.24, 2.45) is 0 Å². The number of pyridine rings is 1. The van der Waals surface area contributed by atoms with E-state index in [1.807, 2.05) is 22.6 Å². The number of aromatic nitrogens is 1. The molecule has 9 heteroatoms. The lowest BCUT2D eigenvalue weighted by atomic mass is 10.0. The predicted octanol–water partition coefficient (Wildman–Crippen LogP) is 5.04. The normalized spacial score (nSPS) is 12.3. The largest absolute Gasteiger partial charge is 0.479 e. The van der Waals surface area contributed by atoms with Crippen LogP contribution in [-0.4, -0.2) is 21.3 Å². The molecule has 0 aliphatic heterocycles. The number of nitrogens with zero attached hydrogens (tertiary/aromatic N) is 1. The smallest absolute Gasteiger partial charge is 0.387 e. The van der Waals surface area contributed by atoms with Crippen molar-refractivity contribution in [1.29, 1.82) is 0 Å². The summed E-state index contributed by atoms with van der Waals surface area (Å²) in [6, 6.07) is 4.25. The van der Waals surface area contributed by atoms with E-state index in [-0.39, 0.29) is 22.5 Å². The fourth-order valence-electron chi connectivity index (χ4n) is 2.04. The molecule has 0 aliphatic carbocycles. The van der Waals surface area contributed by atoms with Crippen LogP contribution in [0.2, 0.25) is 10.0 Å². The molecule has 0 radical (unpaired) electrons. The minimum Gasteiger partial charge on any atom is -0.479 e. The van der Waals surface area contributed by atoms with Crippen molar-refractivity contribution in [2.75, 3.05) is 4.61 Å². The molecular formula is C15H12Cl2F2INO3. The van der Waals surface area contributed by atoms with E-state index in [0.29, 0.717) is 21.2 Å². The third-order valence-corrected chi connectivity index (χ3v) is 4.09. The van der Waals surface area contributed by atoms with Gasteiger partial charge in [-0.3, -0.25) is 4.98 Å². The molecule has 1 aromatic heterocycles. The molecule has 0 fully saturated rings. The molecular weight excluding hydrogens is 478 g/mol. The number of aliphatic hydroxyl groups excluding tert-OH is 1. The summed E-state index contributed by atoms with van der Waals surface area (Å²) in [5.41, 5.74) is 1.01. The first-order valence-corrected chi connectivity index (χ1v) is 8.94. The fourth-order valence-corrected chi connectivity index (χ4v) is 2.90. The summed E-state index contributed by atoms with van der Waals surface area (Å²) >= 11 is 14.0. The van der Waals surface area contributed by atoms with Crippen LogP contribution in [0.1, 0.15) is 17.2 Å². The van der Waals surface area contributed by atoms with Crippen molar-refractivity contribution in [2.45, 2.75) is 19.1 Å². The van der Waals surface area contributed by atoms with Crippen molar-refractivity contribution < 1.29 is 23.4 Å². The first kappa shape index (κ1) is 19.4. The van der Waals surface area contributed by atoms with Crippen molar-refractivity contribution in [1.82, 2.24) is 4.98 Å². The Balaban J connectivity index is 2.25. The molecule has 0 saturated carbocycles. The quantitative estimate of drug-likeness (QED) is 0.437. The maximum absolute atomic E-state index is 12.4. The topological polar surface area (TPSA) is 51.6 Å². The summed E-state index contributed by atoms with van der Waals surface area (Å²) in [7, 11) is 0. The van der Waals surface area contributed by atoms with Gasteiger partial charge in [-0.1, -0.05) is 29.3 Å². The van der Waals surface area contributed by atoms with Crippen molar-refractivity contribution in [3.8, 4) is 11.5 Å². The highest BCUT2D eigenvalue weighted by Crippen LogP contribution is 2.34. The average Bonchev–Trinajstić information content (AvgIpc) is 2.52. The SMILES string of the molecule is O[C@@H](Cc1c(Cl)cncc1Cl)c1ccc(OC(F)F)c(OCI)c1. The number of hydrogen-bond donors (Lipinski definition) is 1. The van der Waals surface area contributed by atoms with Gasteiger partial charge in [0, 0.05) is 18.8 Å². The highest BCUT2D eigenvalue weighted by Gasteiger charge is 2.18. The zero-order valence-corrected chi connectivity index (χ0v) is 15.7. The lowest BCUT2D eigenvalue weighted by molar-refractivity contribution is -0.0512. The second-order valence-corrected chi connectivity index (χ2v) is 6.08. The Morgan fingerprint density at radius 3 is 2.42 bits per heavy atom. The number of hydrogen-bond acceptors (Lipinski definition) is 4. The van der Waals surface area contributed by atoms with E-state index in [1.54, 1.807) is 0 Å². The molecule has 2 aromatic rings. The minimum absolute atomic E-state index is 0.0995. The number of aliphatic hydroxyl groups is 1. The molecule has 1 aromatic carbocycles. The van der Waals surface area contributed by atoms with Crippen LogP contribution in [-0.2, 0) is 6.42 Å². The van der Waals surface area contributed by atoms with Gasteiger partial charge in [-0.05, 0) is 45.9 Å². The summed E-state index contributed by atoms with van der Waals surface area (Å²) in [5, 5.41) is 11.1. The number of benzene rings is 1. The molecule has 0 amide bonds. The van der Waals surface area contributed by atoms with E-state index in [0.717, 1.165) is 0 Å². The molecule has 1 heterocycles. The monoisotopic (exact) mass is 489 g/mol. The summed E-state index contributed by atoms with van der Waals surface area (Å²) in [6.45, 7) is -2.97. The van der Waals surface area contributed by atoms with Gasteiger partial charge in [-0.25, -0.2) is 0 Å². The molecule has 0 saturated heterocycles. The first-order chi connectivity index (χ1) is 11.4. The van der Waals surface area contributed by atoms with Crippen LogP contribution in [0.25, 0.3) is 0 Å². The van der Waals surface area contributed by atoms with Gasteiger partial charge in [-0.2, -0.15) is 8.78 Å². The van der Waals surface area contributed by atoms with Crippen molar-refractivity contribution in [3.63, 3.8) is 0 Å². The third kappa shape index (κ3) is 5.05. The molecule has 1 N–H and O–H groups in total. The number of ether oxygens (including phenoxy) is 2. The third-order valence-electron chi connectivity index (χ3n) is 3.13. The van der Waals surface area contributed by atoms with E-state index in [9.17, 15) is 13.9 Å². The number of rotatable bonds is 7. The van der Waals surface area contributed by atoms with Crippen LogP contribution in [0.3, 0.4) is 0 Å². The van der Waals surface area contributed by atoms with Crippen molar-refractivity contribution >= 4 is 45.8 Å². The Kier molecular flexibility index (Phi) is 7.27. The number of halogens is 5. The Morgan fingerprint density at radius 2 is 1.83 bits per heavy atom. The molecule has 130 valence electrons. The Hall–Kier alpha value is -0.900.